The van der Waals surface area contributed by atoms with Crippen molar-refractivity contribution < 1.29 is 13.5 Å². The summed E-state index contributed by atoms with van der Waals surface area (Å²) in [6, 6.07) is 3.91. The third-order valence-electron chi connectivity index (χ3n) is 2.99. The van der Waals surface area contributed by atoms with Crippen molar-refractivity contribution in [2.75, 3.05) is 13.1 Å². The minimum absolute atomic E-state index is 0.0396. The molecule has 0 radical (unpaired) electrons. The van der Waals surface area contributed by atoms with Crippen LogP contribution < -0.4 is 5.32 Å². The third kappa shape index (κ3) is 2.82. The molecule has 4 heteroatoms. The predicted molar refractivity (Wildman–Crippen MR) is 61.7 cm³/mol. The normalized spacial score (nSPS) is 24.9. The van der Waals surface area contributed by atoms with Crippen LogP contribution in [0.1, 0.15) is 31.4 Å². The quantitative estimate of drug-likeness (QED) is 0.878. The summed E-state index contributed by atoms with van der Waals surface area (Å²) in [4.78, 5) is 0. The lowest BCUT2D eigenvalue weighted by atomic mass is 10.0. The first-order valence-corrected chi connectivity index (χ1v) is 6.02. The first kappa shape index (κ1) is 12.5. The molecule has 0 spiro atoms. The predicted octanol–water partition coefficient (Wildman–Crippen LogP) is 2.79. The molecule has 0 aliphatic carbocycles. The highest BCUT2D eigenvalue weighted by molar-refractivity contribution is 5.23. The molecule has 0 amide bonds. The Balaban J connectivity index is 2.16. The molecule has 17 heavy (non-hydrogen) atoms. The van der Waals surface area contributed by atoms with Crippen LogP contribution in [-0.2, 0) is 4.74 Å². The standard InChI is InChI=1S/C13H17F2NO/c1-2-4-9-7-16-8-12(17-9)13-10(14)5-3-6-11(13)15/h3,5-6,9,12,16H,2,4,7-8H2,1H3. The van der Waals surface area contributed by atoms with Gasteiger partial charge in [-0.1, -0.05) is 19.4 Å². The summed E-state index contributed by atoms with van der Waals surface area (Å²) in [6.45, 7) is 3.27. The number of nitrogens with one attached hydrogen (secondary N) is 1. The Morgan fingerprint density at radius 2 is 2.00 bits per heavy atom. The topological polar surface area (TPSA) is 21.3 Å². The molecule has 1 saturated heterocycles. The third-order valence-corrected chi connectivity index (χ3v) is 2.99. The van der Waals surface area contributed by atoms with Crippen molar-refractivity contribution in [1.82, 2.24) is 5.32 Å². The van der Waals surface area contributed by atoms with Gasteiger partial charge in [-0.05, 0) is 18.6 Å². The van der Waals surface area contributed by atoms with Crippen molar-refractivity contribution in [2.45, 2.75) is 32.0 Å². The molecule has 0 aromatic heterocycles. The molecule has 0 saturated carbocycles. The van der Waals surface area contributed by atoms with E-state index < -0.39 is 17.7 Å². The first-order chi connectivity index (χ1) is 8.22. The molecule has 2 nitrogen and oxygen atoms in total. The van der Waals surface area contributed by atoms with Gasteiger partial charge in [-0.2, -0.15) is 0 Å². The van der Waals surface area contributed by atoms with Crippen molar-refractivity contribution in [3.63, 3.8) is 0 Å². The van der Waals surface area contributed by atoms with Crippen LogP contribution in [0.25, 0.3) is 0 Å². The average Bonchev–Trinajstić information content (AvgIpc) is 2.30. The second kappa shape index (κ2) is 5.56. The van der Waals surface area contributed by atoms with Crippen molar-refractivity contribution in [3.05, 3.63) is 35.4 Å². The summed E-state index contributed by atoms with van der Waals surface area (Å²) >= 11 is 0. The van der Waals surface area contributed by atoms with Gasteiger partial charge in [0.1, 0.15) is 17.7 Å². The molecule has 1 aromatic carbocycles. The van der Waals surface area contributed by atoms with Gasteiger partial charge < -0.3 is 10.1 Å². The number of morpholine rings is 1. The van der Waals surface area contributed by atoms with Crippen LogP contribution in [0.2, 0.25) is 0 Å². The van der Waals surface area contributed by atoms with E-state index >= 15 is 0 Å². The average molecular weight is 241 g/mol. The fourth-order valence-corrected chi connectivity index (χ4v) is 2.18. The molecule has 1 aromatic rings. The van der Waals surface area contributed by atoms with Gasteiger partial charge in [-0.3, -0.25) is 0 Å². The lowest BCUT2D eigenvalue weighted by Crippen LogP contribution is -2.41. The van der Waals surface area contributed by atoms with E-state index in [1.165, 1.54) is 18.2 Å². The lowest BCUT2D eigenvalue weighted by molar-refractivity contribution is -0.0455. The van der Waals surface area contributed by atoms with Crippen LogP contribution in [0.3, 0.4) is 0 Å². The molecule has 1 N–H and O–H groups in total. The Bertz CT molecular complexity index is 361. The summed E-state index contributed by atoms with van der Waals surface area (Å²) in [7, 11) is 0. The molecule has 1 aliphatic rings. The SMILES string of the molecule is CCCC1CNCC(c2c(F)cccc2F)O1. The number of hydrogen-bond donors (Lipinski definition) is 1. The number of hydrogen-bond acceptors (Lipinski definition) is 2. The maximum absolute atomic E-state index is 13.6. The zero-order valence-corrected chi connectivity index (χ0v) is 9.88. The van der Waals surface area contributed by atoms with Gasteiger partial charge in [-0.15, -0.1) is 0 Å². The van der Waals surface area contributed by atoms with E-state index in [1.54, 1.807) is 0 Å². The van der Waals surface area contributed by atoms with Crippen LogP contribution in [0, 0.1) is 11.6 Å². The van der Waals surface area contributed by atoms with Crippen LogP contribution >= 0.6 is 0 Å². The van der Waals surface area contributed by atoms with E-state index in [9.17, 15) is 8.78 Å². The maximum atomic E-state index is 13.6. The van der Waals surface area contributed by atoms with E-state index in [2.05, 4.69) is 12.2 Å². The van der Waals surface area contributed by atoms with Crippen molar-refractivity contribution >= 4 is 0 Å². The van der Waals surface area contributed by atoms with E-state index in [0.29, 0.717) is 6.54 Å². The molecule has 2 unspecified atom stereocenters. The van der Waals surface area contributed by atoms with Gasteiger partial charge in [0.25, 0.3) is 0 Å². The van der Waals surface area contributed by atoms with Gasteiger partial charge in [0.05, 0.1) is 11.7 Å². The van der Waals surface area contributed by atoms with Gasteiger partial charge in [0.15, 0.2) is 0 Å². The number of ether oxygens (including phenoxy) is 1. The highest BCUT2D eigenvalue weighted by atomic mass is 19.1. The molecule has 1 fully saturated rings. The van der Waals surface area contributed by atoms with Crippen LogP contribution in [-0.4, -0.2) is 19.2 Å². The molecule has 1 heterocycles. The Morgan fingerprint density at radius 1 is 1.29 bits per heavy atom. The summed E-state index contributed by atoms with van der Waals surface area (Å²) in [6.07, 6.45) is 1.41. The highest BCUT2D eigenvalue weighted by Gasteiger charge is 2.27. The van der Waals surface area contributed by atoms with Gasteiger partial charge in [0.2, 0.25) is 0 Å². The van der Waals surface area contributed by atoms with Gasteiger partial charge >= 0.3 is 0 Å². The van der Waals surface area contributed by atoms with Crippen molar-refractivity contribution in [3.8, 4) is 0 Å². The Morgan fingerprint density at radius 3 is 2.65 bits per heavy atom. The van der Waals surface area contributed by atoms with E-state index in [4.69, 9.17) is 4.74 Å². The second-order valence-corrected chi connectivity index (χ2v) is 4.33. The maximum Gasteiger partial charge on any atom is 0.132 e. The highest BCUT2D eigenvalue weighted by Crippen LogP contribution is 2.27. The minimum atomic E-state index is -0.533. The summed E-state index contributed by atoms with van der Waals surface area (Å²) in [5.74, 6) is -1.07. The summed E-state index contributed by atoms with van der Waals surface area (Å²) < 4.78 is 32.9. The number of rotatable bonds is 3. The molecular formula is C13H17F2NO. The van der Waals surface area contributed by atoms with Crippen LogP contribution in [0.15, 0.2) is 18.2 Å². The number of halogens is 2. The lowest BCUT2D eigenvalue weighted by Gasteiger charge is -2.31. The molecule has 2 atom stereocenters. The fraction of sp³-hybridized carbons (Fsp3) is 0.538. The van der Waals surface area contributed by atoms with Gasteiger partial charge in [-0.25, -0.2) is 8.78 Å². The number of benzene rings is 1. The monoisotopic (exact) mass is 241 g/mol. The second-order valence-electron chi connectivity index (χ2n) is 4.33. The van der Waals surface area contributed by atoms with Gasteiger partial charge in [0, 0.05) is 13.1 Å². The molecule has 0 bridgehead atoms. The minimum Gasteiger partial charge on any atom is -0.367 e. The van der Waals surface area contributed by atoms with E-state index in [1.807, 2.05) is 0 Å². The van der Waals surface area contributed by atoms with Crippen molar-refractivity contribution in [1.29, 1.82) is 0 Å². The zero-order valence-electron chi connectivity index (χ0n) is 9.88. The summed E-state index contributed by atoms with van der Waals surface area (Å²) in [5, 5.41) is 3.16. The fourth-order valence-electron chi connectivity index (χ4n) is 2.18. The Labute approximate surface area is 100.0 Å². The summed E-state index contributed by atoms with van der Waals surface area (Å²) in [5.41, 5.74) is 0.0424. The molecule has 2 rings (SSSR count). The van der Waals surface area contributed by atoms with E-state index in [-0.39, 0.29) is 11.7 Å². The smallest absolute Gasteiger partial charge is 0.132 e. The molecule has 94 valence electrons. The zero-order chi connectivity index (χ0) is 12.3. The van der Waals surface area contributed by atoms with Crippen LogP contribution in [0.4, 0.5) is 8.78 Å². The van der Waals surface area contributed by atoms with Crippen molar-refractivity contribution in [2.24, 2.45) is 0 Å². The van der Waals surface area contributed by atoms with Crippen LogP contribution in [0.5, 0.6) is 0 Å². The van der Waals surface area contributed by atoms with E-state index in [0.717, 1.165) is 19.4 Å². The Kier molecular flexibility index (Phi) is 4.07. The largest absolute Gasteiger partial charge is 0.367 e. The first-order valence-electron chi connectivity index (χ1n) is 6.02. The molecule has 1 aliphatic heterocycles. The Hall–Kier alpha value is -1.00. The molecular weight excluding hydrogens is 224 g/mol.